The highest BCUT2D eigenvalue weighted by atomic mass is 35.5. The highest BCUT2D eigenvalue weighted by molar-refractivity contribution is 6.42. The zero-order valence-electron chi connectivity index (χ0n) is 16.7. The van der Waals surface area contributed by atoms with Crippen LogP contribution in [0.5, 0.6) is 0 Å². The van der Waals surface area contributed by atoms with Gasteiger partial charge in [-0.1, -0.05) is 53.9 Å². The van der Waals surface area contributed by atoms with Crippen LogP contribution in [0, 0.1) is 0 Å². The van der Waals surface area contributed by atoms with Gasteiger partial charge in [0, 0.05) is 5.56 Å². The lowest BCUT2D eigenvalue weighted by Crippen LogP contribution is -2.51. The van der Waals surface area contributed by atoms with Crippen molar-refractivity contribution in [3.63, 3.8) is 0 Å². The fourth-order valence-corrected chi connectivity index (χ4v) is 3.43. The summed E-state index contributed by atoms with van der Waals surface area (Å²) in [4.78, 5) is 45.1. The molecule has 8 heteroatoms. The number of ketones is 1. The number of imide groups is 2. The minimum atomic E-state index is -0.777. The molecule has 0 aromatic heterocycles. The van der Waals surface area contributed by atoms with Crippen LogP contribution in [-0.4, -0.2) is 23.6 Å². The zero-order chi connectivity index (χ0) is 22.5. The lowest BCUT2D eigenvalue weighted by Gasteiger charge is -2.26. The van der Waals surface area contributed by atoms with E-state index >= 15 is 0 Å². The van der Waals surface area contributed by atoms with Gasteiger partial charge in [-0.15, -0.1) is 0 Å². The van der Waals surface area contributed by atoms with Gasteiger partial charge in [0.25, 0.3) is 11.8 Å². The van der Waals surface area contributed by atoms with Gasteiger partial charge < -0.3 is 0 Å². The highest BCUT2D eigenvalue weighted by Gasteiger charge is 2.27. The van der Waals surface area contributed by atoms with Gasteiger partial charge in [-0.2, -0.15) is 0 Å². The fraction of sp³-hybridized carbons (Fsp3) is 0.217. The summed E-state index contributed by atoms with van der Waals surface area (Å²) in [6.45, 7) is 1.49. The smallest absolute Gasteiger partial charge is 0.295 e. The standard InChI is InChI=1S/C15H14N2O3.C8H6Cl2O/c18-13-12(14(19)17-15(20)16-13)8-9-3-1-6-11(7-9)10-4-2-5-10;1-5(11)6-2-3-7(9)8(10)4-6/h1,3,6-8,10H,2,4-5H2,(H2,16,17,18,19,20);2-4H,1H3. The van der Waals surface area contributed by atoms with E-state index in [0.29, 0.717) is 21.5 Å². The molecule has 4 amide bonds. The lowest BCUT2D eigenvalue weighted by molar-refractivity contribution is -0.123. The molecule has 2 N–H and O–H groups in total. The van der Waals surface area contributed by atoms with Crippen molar-refractivity contribution in [3.05, 3.63) is 74.8 Å². The molecule has 0 spiro atoms. The first-order valence-electron chi connectivity index (χ1n) is 9.69. The molecule has 1 saturated carbocycles. The number of benzene rings is 2. The number of carbonyl (C=O) groups is 4. The summed E-state index contributed by atoms with van der Waals surface area (Å²) in [5.74, 6) is -0.743. The zero-order valence-corrected chi connectivity index (χ0v) is 18.2. The SMILES string of the molecule is CC(=O)c1ccc(Cl)c(Cl)c1.O=C1NC(=O)C(=Cc2cccc(C3CCC3)c2)C(=O)N1. The second-order valence-electron chi connectivity index (χ2n) is 7.28. The largest absolute Gasteiger partial charge is 0.328 e. The average Bonchev–Trinajstić information content (AvgIpc) is 2.66. The molecule has 2 fully saturated rings. The van der Waals surface area contributed by atoms with Crippen molar-refractivity contribution in [2.75, 3.05) is 0 Å². The molecule has 0 radical (unpaired) electrons. The van der Waals surface area contributed by atoms with E-state index in [1.807, 2.05) is 18.2 Å². The number of barbiturate groups is 1. The third-order valence-corrected chi connectivity index (χ3v) is 5.81. The summed E-state index contributed by atoms with van der Waals surface area (Å²) < 4.78 is 0. The van der Waals surface area contributed by atoms with Gasteiger partial charge >= 0.3 is 6.03 Å². The second kappa shape index (κ2) is 9.90. The topological polar surface area (TPSA) is 92.3 Å². The number of nitrogens with one attached hydrogen (secondary N) is 2. The summed E-state index contributed by atoms with van der Waals surface area (Å²) in [6.07, 6.45) is 5.15. The Morgan fingerprint density at radius 1 is 0.968 bits per heavy atom. The van der Waals surface area contributed by atoms with Crippen LogP contribution in [0.2, 0.25) is 10.0 Å². The Hall–Kier alpha value is -2.96. The first-order chi connectivity index (χ1) is 14.7. The Bertz CT molecular complexity index is 1070. The Labute approximate surface area is 189 Å². The number of carbonyl (C=O) groups excluding carboxylic acids is 4. The number of hydrogen-bond donors (Lipinski definition) is 2. The molecule has 4 rings (SSSR count). The summed E-state index contributed by atoms with van der Waals surface area (Å²) in [5, 5.41) is 5.01. The quantitative estimate of drug-likeness (QED) is 0.388. The van der Waals surface area contributed by atoms with Crippen LogP contribution < -0.4 is 10.6 Å². The van der Waals surface area contributed by atoms with E-state index in [0.717, 1.165) is 5.56 Å². The molecule has 2 aromatic rings. The van der Waals surface area contributed by atoms with Crippen LogP contribution in [0.15, 0.2) is 48.0 Å². The molecule has 2 aromatic carbocycles. The molecule has 1 saturated heterocycles. The number of rotatable bonds is 3. The molecular formula is C23H20Cl2N2O4. The van der Waals surface area contributed by atoms with Gasteiger partial charge in [0.2, 0.25) is 0 Å². The Morgan fingerprint density at radius 3 is 2.19 bits per heavy atom. The fourth-order valence-electron chi connectivity index (χ4n) is 3.13. The van der Waals surface area contributed by atoms with Crippen molar-refractivity contribution in [3.8, 4) is 0 Å². The van der Waals surface area contributed by atoms with E-state index in [1.165, 1.54) is 37.8 Å². The van der Waals surface area contributed by atoms with E-state index in [-0.39, 0.29) is 11.4 Å². The van der Waals surface area contributed by atoms with Crippen LogP contribution in [-0.2, 0) is 9.59 Å². The number of Topliss-reactive ketones (excluding diaryl/α,β-unsaturated/α-hetero) is 1. The van der Waals surface area contributed by atoms with Gasteiger partial charge in [-0.05, 0) is 61.1 Å². The molecule has 2 aliphatic rings. The highest BCUT2D eigenvalue weighted by Crippen LogP contribution is 2.36. The molecule has 1 aliphatic carbocycles. The lowest BCUT2D eigenvalue weighted by atomic mass is 9.79. The minimum absolute atomic E-state index is 0.0106. The summed E-state index contributed by atoms with van der Waals surface area (Å²) in [5.41, 5.74) is 2.57. The van der Waals surface area contributed by atoms with E-state index in [1.54, 1.807) is 18.2 Å². The molecular weight excluding hydrogens is 439 g/mol. The van der Waals surface area contributed by atoms with Crippen LogP contribution >= 0.6 is 23.2 Å². The van der Waals surface area contributed by atoms with Crippen LogP contribution in [0.1, 0.15) is 53.6 Å². The predicted molar refractivity (Wildman–Crippen MR) is 119 cm³/mol. The van der Waals surface area contributed by atoms with E-state index in [4.69, 9.17) is 23.2 Å². The van der Waals surface area contributed by atoms with Crippen LogP contribution in [0.3, 0.4) is 0 Å². The van der Waals surface area contributed by atoms with Crippen molar-refractivity contribution in [1.29, 1.82) is 0 Å². The molecule has 0 atom stereocenters. The van der Waals surface area contributed by atoms with Gasteiger partial charge in [-0.3, -0.25) is 25.0 Å². The maximum Gasteiger partial charge on any atom is 0.328 e. The third-order valence-electron chi connectivity index (χ3n) is 5.07. The van der Waals surface area contributed by atoms with Crippen molar-refractivity contribution in [2.45, 2.75) is 32.1 Å². The van der Waals surface area contributed by atoms with Crippen molar-refractivity contribution < 1.29 is 19.2 Å². The number of urea groups is 1. The maximum atomic E-state index is 11.6. The van der Waals surface area contributed by atoms with Crippen molar-refractivity contribution in [2.24, 2.45) is 0 Å². The molecule has 0 bridgehead atoms. The Morgan fingerprint density at radius 2 is 1.65 bits per heavy atom. The summed E-state index contributed by atoms with van der Waals surface area (Å²) >= 11 is 11.3. The number of halogens is 2. The molecule has 31 heavy (non-hydrogen) atoms. The van der Waals surface area contributed by atoms with Crippen molar-refractivity contribution >= 4 is 52.9 Å². The Balaban J connectivity index is 0.000000210. The molecule has 1 heterocycles. The molecule has 160 valence electrons. The molecule has 1 aliphatic heterocycles. The maximum absolute atomic E-state index is 11.6. The molecule has 6 nitrogen and oxygen atoms in total. The van der Waals surface area contributed by atoms with Gasteiger partial charge in [0.05, 0.1) is 10.0 Å². The average molecular weight is 459 g/mol. The molecule has 0 unspecified atom stereocenters. The van der Waals surface area contributed by atoms with Crippen molar-refractivity contribution in [1.82, 2.24) is 10.6 Å². The van der Waals surface area contributed by atoms with E-state index in [9.17, 15) is 19.2 Å². The predicted octanol–water partition coefficient (Wildman–Crippen LogP) is 4.90. The monoisotopic (exact) mass is 458 g/mol. The minimum Gasteiger partial charge on any atom is -0.295 e. The summed E-state index contributed by atoms with van der Waals surface area (Å²) in [6, 6.07) is 11.9. The number of amides is 4. The normalized spacial score (nSPS) is 15.8. The first-order valence-corrected chi connectivity index (χ1v) is 10.4. The number of hydrogen-bond acceptors (Lipinski definition) is 4. The first kappa shape index (κ1) is 22.7. The van der Waals surface area contributed by atoms with Crippen LogP contribution in [0.4, 0.5) is 4.79 Å². The van der Waals surface area contributed by atoms with Gasteiger partial charge in [0.15, 0.2) is 5.78 Å². The summed E-state index contributed by atoms with van der Waals surface area (Å²) in [7, 11) is 0. The Kier molecular flexibility index (Phi) is 7.25. The third kappa shape index (κ3) is 5.81. The second-order valence-corrected chi connectivity index (χ2v) is 8.09. The van der Waals surface area contributed by atoms with Gasteiger partial charge in [-0.25, -0.2) is 4.79 Å². The van der Waals surface area contributed by atoms with Crippen LogP contribution in [0.25, 0.3) is 6.08 Å². The van der Waals surface area contributed by atoms with Gasteiger partial charge in [0.1, 0.15) is 5.57 Å². The van der Waals surface area contributed by atoms with E-state index < -0.39 is 17.8 Å². The van der Waals surface area contributed by atoms with E-state index in [2.05, 4.69) is 16.7 Å².